The average Bonchev–Trinajstić information content (AvgIpc) is 2.71. The topological polar surface area (TPSA) is 89.8 Å². The number of hydrogen-bond donors (Lipinski definition) is 4. The number of aliphatic hydroxyl groups excluding tert-OH is 2. The van der Waals surface area contributed by atoms with E-state index in [9.17, 15) is 20.1 Å². The number of unbranched alkanes of at least 4 members (excludes halogenated alkanes) is 4. The maximum absolute atomic E-state index is 11.6. The molecule has 5 atom stereocenters. The van der Waals surface area contributed by atoms with Crippen LogP contribution in [0.5, 0.6) is 0 Å². The molecule has 29 heavy (non-hydrogen) atoms. The Morgan fingerprint density at radius 3 is 2.17 bits per heavy atom. The molecule has 5 nitrogen and oxygen atoms in total. The molecule has 0 fully saturated rings. The zero-order chi connectivity index (χ0) is 21.5. The van der Waals surface area contributed by atoms with E-state index in [0.29, 0.717) is 25.3 Å². The third-order valence-electron chi connectivity index (χ3n) is 6.44. The molecule has 0 bridgehead atoms. The van der Waals surface area contributed by atoms with Crippen LogP contribution in [0.2, 0.25) is 0 Å². The highest BCUT2D eigenvalue weighted by Gasteiger charge is 2.28. The summed E-state index contributed by atoms with van der Waals surface area (Å²) in [6, 6.07) is 0. The Bertz CT molecular complexity index is 454. The lowest BCUT2D eigenvalue weighted by atomic mass is 9.83. The van der Waals surface area contributed by atoms with Gasteiger partial charge in [-0.15, -0.1) is 0 Å². The van der Waals surface area contributed by atoms with Gasteiger partial charge in [-0.3, -0.25) is 4.79 Å². The molecule has 0 saturated heterocycles. The average molecular weight is 412 g/mol. The molecule has 0 spiro atoms. The maximum Gasteiger partial charge on any atom is 0.309 e. The first-order valence-electron chi connectivity index (χ1n) is 11.9. The molecule has 1 rings (SSSR count). The smallest absolute Gasteiger partial charge is 0.309 e. The fourth-order valence-corrected chi connectivity index (χ4v) is 4.52. The van der Waals surface area contributed by atoms with Crippen molar-refractivity contribution in [3.05, 3.63) is 12.2 Å². The van der Waals surface area contributed by atoms with Crippen LogP contribution < -0.4 is 5.32 Å². The summed E-state index contributed by atoms with van der Waals surface area (Å²) < 4.78 is 0. The van der Waals surface area contributed by atoms with Crippen LogP contribution in [0.15, 0.2) is 12.2 Å². The summed E-state index contributed by atoms with van der Waals surface area (Å²) in [5.74, 6) is -0.311. The highest BCUT2D eigenvalue weighted by atomic mass is 16.4. The molecule has 4 N–H and O–H groups in total. The van der Waals surface area contributed by atoms with E-state index in [-0.39, 0.29) is 12.5 Å². The van der Waals surface area contributed by atoms with E-state index >= 15 is 0 Å². The summed E-state index contributed by atoms with van der Waals surface area (Å²) in [7, 11) is 1.79. The van der Waals surface area contributed by atoms with Gasteiger partial charge in [-0.25, -0.2) is 0 Å². The van der Waals surface area contributed by atoms with Crippen LogP contribution in [0, 0.1) is 23.7 Å². The fraction of sp³-hybridized carbons (Fsp3) is 0.875. The van der Waals surface area contributed by atoms with E-state index < -0.39 is 18.0 Å². The molecular formula is C24H45NO4. The molecule has 0 aromatic heterocycles. The quantitative estimate of drug-likeness (QED) is 0.211. The highest BCUT2D eigenvalue weighted by molar-refractivity contribution is 5.70. The first-order valence-corrected chi connectivity index (χ1v) is 11.9. The van der Waals surface area contributed by atoms with E-state index in [1.807, 2.05) is 0 Å². The van der Waals surface area contributed by atoms with E-state index in [1.165, 1.54) is 44.9 Å². The monoisotopic (exact) mass is 411 g/mol. The van der Waals surface area contributed by atoms with Gasteiger partial charge in [-0.2, -0.15) is 0 Å². The van der Waals surface area contributed by atoms with Crippen LogP contribution in [0.3, 0.4) is 0 Å². The lowest BCUT2D eigenvalue weighted by molar-refractivity contribution is -0.146. The van der Waals surface area contributed by atoms with Gasteiger partial charge in [0.15, 0.2) is 0 Å². The van der Waals surface area contributed by atoms with Gasteiger partial charge in [0.1, 0.15) is 0 Å². The molecular weight excluding hydrogens is 366 g/mol. The second kappa shape index (κ2) is 15.9. The van der Waals surface area contributed by atoms with E-state index in [4.69, 9.17) is 0 Å². The van der Waals surface area contributed by atoms with Crippen LogP contribution in [-0.4, -0.2) is 47.6 Å². The maximum atomic E-state index is 11.6. The Morgan fingerprint density at radius 1 is 1.07 bits per heavy atom. The minimum absolute atomic E-state index is 0.0430. The fourth-order valence-electron chi connectivity index (χ4n) is 4.52. The Hall–Kier alpha value is -0.910. The van der Waals surface area contributed by atoms with Gasteiger partial charge in [-0.05, 0) is 69.9 Å². The van der Waals surface area contributed by atoms with Gasteiger partial charge in [0.05, 0.1) is 12.0 Å². The Morgan fingerprint density at radius 2 is 1.69 bits per heavy atom. The predicted octanol–water partition coefficient (Wildman–Crippen LogP) is 4.38. The number of rotatable bonds is 17. The van der Waals surface area contributed by atoms with Crippen molar-refractivity contribution in [2.45, 2.75) is 90.1 Å². The van der Waals surface area contributed by atoms with Crippen LogP contribution in [0.25, 0.3) is 0 Å². The summed E-state index contributed by atoms with van der Waals surface area (Å²) in [5.41, 5.74) is 0. The third kappa shape index (κ3) is 11.2. The van der Waals surface area contributed by atoms with Crippen molar-refractivity contribution < 1.29 is 20.1 Å². The van der Waals surface area contributed by atoms with Gasteiger partial charge in [0, 0.05) is 6.61 Å². The van der Waals surface area contributed by atoms with E-state index in [2.05, 4.69) is 24.4 Å². The number of carboxylic acid groups (broad SMARTS) is 1. The van der Waals surface area contributed by atoms with Gasteiger partial charge in [0.2, 0.25) is 0 Å². The number of aliphatic carboxylic acids is 1. The molecule has 0 saturated carbocycles. The molecule has 0 aromatic carbocycles. The number of carbonyl (C=O) groups is 1. The molecule has 0 amide bonds. The number of aliphatic hydroxyl groups is 2. The Balaban J connectivity index is 2.24. The minimum Gasteiger partial charge on any atom is -0.481 e. The van der Waals surface area contributed by atoms with Crippen molar-refractivity contribution in [1.29, 1.82) is 0 Å². The molecule has 170 valence electrons. The normalized spacial score (nSPS) is 22.3. The molecule has 0 aromatic rings. The van der Waals surface area contributed by atoms with Crippen molar-refractivity contribution in [3.63, 3.8) is 0 Å². The highest BCUT2D eigenvalue weighted by Crippen LogP contribution is 2.29. The van der Waals surface area contributed by atoms with Crippen molar-refractivity contribution in [2.24, 2.45) is 23.7 Å². The molecule has 5 unspecified atom stereocenters. The SMILES string of the molecule is CCCCCC1C=CC(CCCCCC(C(=O)O)C(O)CC(CO)CNC)CC1. The van der Waals surface area contributed by atoms with Gasteiger partial charge in [-0.1, -0.05) is 57.6 Å². The predicted molar refractivity (Wildman–Crippen MR) is 119 cm³/mol. The summed E-state index contributed by atoms with van der Waals surface area (Å²) >= 11 is 0. The summed E-state index contributed by atoms with van der Waals surface area (Å²) in [6.07, 6.45) is 16.9. The molecule has 1 aliphatic rings. The lowest BCUT2D eigenvalue weighted by Crippen LogP contribution is -2.33. The first-order chi connectivity index (χ1) is 14.0. The zero-order valence-electron chi connectivity index (χ0n) is 18.7. The largest absolute Gasteiger partial charge is 0.481 e. The van der Waals surface area contributed by atoms with Crippen LogP contribution >= 0.6 is 0 Å². The lowest BCUT2D eigenvalue weighted by Gasteiger charge is -2.24. The second-order valence-corrected chi connectivity index (χ2v) is 8.97. The van der Waals surface area contributed by atoms with Crippen molar-refractivity contribution in [2.75, 3.05) is 20.2 Å². The standard InChI is InChI=1S/C24H45NO4/c1-3-4-6-9-19-12-14-20(15-13-19)10-7-5-8-11-22(24(28)29)23(27)16-21(18-26)17-25-2/h12,14,19-23,25-27H,3-11,13,15-18H2,1-2H3,(H,28,29). The van der Waals surface area contributed by atoms with E-state index in [0.717, 1.165) is 25.2 Å². The molecule has 5 heteroatoms. The molecule has 0 radical (unpaired) electrons. The van der Waals surface area contributed by atoms with Gasteiger partial charge in [0.25, 0.3) is 0 Å². The summed E-state index contributed by atoms with van der Waals surface area (Å²) in [6.45, 7) is 2.79. The number of nitrogens with one attached hydrogen (secondary N) is 1. The Kier molecular flexibility index (Phi) is 14.3. The number of allylic oxidation sites excluding steroid dienone is 2. The number of hydrogen-bond acceptors (Lipinski definition) is 4. The first kappa shape index (κ1) is 26.1. The van der Waals surface area contributed by atoms with Crippen molar-refractivity contribution in [3.8, 4) is 0 Å². The van der Waals surface area contributed by atoms with Crippen LogP contribution in [0.4, 0.5) is 0 Å². The zero-order valence-corrected chi connectivity index (χ0v) is 18.7. The second-order valence-electron chi connectivity index (χ2n) is 8.97. The Labute approximate surface area is 178 Å². The van der Waals surface area contributed by atoms with Crippen molar-refractivity contribution in [1.82, 2.24) is 5.32 Å². The summed E-state index contributed by atoms with van der Waals surface area (Å²) in [5, 5.41) is 32.2. The number of carboxylic acids is 1. The van der Waals surface area contributed by atoms with Crippen molar-refractivity contribution >= 4 is 5.97 Å². The minimum atomic E-state index is -0.928. The van der Waals surface area contributed by atoms with Crippen LogP contribution in [0.1, 0.15) is 84.0 Å². The molecule has 0 aliphatic heterocycles. The molecule has 1 aliphatic carbocycles. The third-order valence-corrected chi connectivity index (χ3v) is 6.44. The van der Waals surface area contributed by atoms with Gasteiger partial charge < -0.3 is 20.6 Å². The molecule has 0 heterocycles. The van der Waals surface area contributed by atoms with Crippen LogP contribution in [-0.2, 0) is 4.79 Å². The van der Waals surface area contributed by atoms with E-state index in [1.54, 1.807) is 7.05 Å². The summed E-state index contributed by atoms with van der Waals surface area (Å²) in [4.78, 5) is 11.6. The van der Waals surface area contributed by atoms with Gasteiger partial charge >= 0.3 is 5.97 Å².